The Bertz CT molecular complexity index is 1200. The number of rotatable bonds is 5. The number of carbonyl (C=O) groups is 2. The average molecular weight is 457 g/mol. The van der Waals surface area contributed by atoms with Gasteiger partial charge < -0.3 is 16.0 Å². The zero-order valence-electron chi connectivity index (χ0n) is 18.0. The SMILES string of the molecule is Cc1cc(C)n(-c2ccc(C(F)(F)F)cc2NC(=O)c2ccc(NC(=O)NC3CC3)cc2)n1. The van der Waals surface area contributed by atoms with Gasteiger partial charge in [-0.15, -0.1) is 0 Å². The van der Waals surface area contributed by atoms with Crippen molar-refractivity contribution in [2.24, 2.45) is 0 Å². The summed E-state index contributed by atoms with van der Waals surface area (Å²) in [6.45, 7) is 3.54. The van der Waals surface area contributed by atoms with Gasteiger partial charge in [0.05, 0.1) is 22.6 Å². The molecule has 0 spiro atoms. The third kappa shape index (κ3) is 5.33. The van der Waals surface area contributed by atoms with Crippen molar-refractivity contribution in [1.82, 2.24) is 15.1 Å². The Hall–Kier alpha value is -3.82. The van der Waals surface area contributed by atoms with Crippen molar-refractivity contribution in [2.75, 3.05) is 10.6 Å². The van der Waals surface area contributed by atoms with E-state index in [4.69, 9.17) is 0 Å². The van der Waals surface area contributed by atoms with Gasteiger partial charge in [-0.2, -0.15) is 18.3 Å². The van der Waals surface area contributed by atoms with Gasteiger partial charge in [-0.05, 0) is 75.2 Å². The minimum atomic E-state index is -4.57. The monoisotopic (exact) mass is 457 g/mol. The molecule has 0 unspecified atom stereocenters. The number of hydrogen-bond acceptors (Lipinski definition) is 3. The Morgan fingerprint density at radius 2 is 1.70 bits per heavy atom. The maximum atomic E-state index is 13.3. The minimum Gasteiger partial charge on any atom is -0.335 e. The summed E-state index contributed by atoms with van der Waals surface area (Å²) in [5, 5.41) is 12.3. The summed E-state index contributed by atoms with van der Waals surface area (Å²) >= 11 is 0. The maximum absolute atomic E-state index is 13.3. The van der Waals surface area contributed by atoms with Crippen LogP contribution < -0.4 is 16.0 Å². The predicted molar refractivity (Wildman–Crippen MR) is 118 cm³/mol. The van der Waals surface area contributed by atoms with E-state index in [0.717, 1.165) is 25.0 Å². The molecule has 2 aromatic carbocycles. The number of urea groups is 1. The highest BCUT2D eigenvalue weighted by atomic mass is 19.4. The fraction of sp³-hybridized carbons (Fsp3) is 0.261. The lowest BCUT2D eigenvalue weighted by Gasteiger charge is -2.16. The Morgan fingerprint density at radius 3 is 2.27 bits per heavy atom. The Morgan fingerprint density at radius 1 is 1.00 bits per heavy atom. The van der Waals surface area contributed by atoms with Gasteiger partial charge in [-0.25, -0.2) is 9.48 Å². The summed E-state index contributed by atoms with van der Waals surface area (Å²) in [5.74, 6) is -0.592. The van der Waals surface area contributed by atoms with Crippen LogP contribution in [0.5, 0.6) is 0 Å². The zero-order valence-corrected chi connectivity index (χ0v) is 18.0. The average Bonchev–Trinajstić information content (AvgIpc) is 3.49. The molecule has 3 N–H and O–H groups in total. The molecule has 1 heterocycles. The Balaban J connectivity index is 1.57. The van der Waals surface area contributed by atoms with E-state index in [1.54, 1.807) is 32.0 Å². The first kappa shape index (κ1) is 22.4. The number of anilines is 2. The first-order valence-electron chi connectivity index (χ1n) is 10.3. The third-order valence-electron chi connectivity index (χ3n) is 5.13. The Labute approximate surface area is 188 Å². The van der Waals surface area contributed by atoms with E-state index >= 15 is 0 Å². The summed E-state index contributed by atoms with van der Waals surface area (Å²) in [4.78, 5) is 24.6. The number of aryl methyl sites for hydroxylation is 2. The molecule has 172 valence electrons. The molecule has 1 aliphatic rings. The summed E-state index contributed by atoms with van der Waals surface area (Å²) in [6, 6.07) is 10.9. The number of alkyl halides is 3. The summed E-state index contributed by atoms with van der Waals surface area (Å²) in [5.41, 5.74) is 1.53. The molecule has 0 radical (unpaired) electrons. The molecule has 0 atom stereocenters. The molecule has 1 aliphatic carbocycles. The van der Waals surface area contributed by atoms with Crippen LogP contribution in [0.1, 0.15) is 40.2 Å². The number of amides is 3. The van der Waals surface area contributed by atoms with Gasteiger partial charge in [0.2, 0.25) is 0 Å². The van der Waals surface area contributed by atoms with Crippen LogP contribution in [0.2, 0.25) is 0 Å². The van der Waals surface area contributed by atoms with Crippen LogP contribution in [0, 0.1) is 13.8 Å². The zero-order chi connectivity index (χ0) is 23.8. The van der Waals surface area contributed by atoms with Gasteiger partial charge in [0.25, 0.3) is 5.91 Å². The van der Waals surface area contributed by atoms with E-state index in [1.165, 1.54) is 22.9 Å². The van der Waals surface area contributed by atoms with Gasteiger partial charge in [0, 0.05) is 23.0 Å². The molecule has 7 nitrogen and oxygen atoms in total. The Kier molecular flexibility index (Phi) is 5.84. The van der Waals surface area contributed by atoms with E-state index in [-0.39, 0.29) is 23.3 Å². The van der Waals surface area contributed by atoms with Gasteiger partial charge >= 0.3 is 12.2 Å². The molecular weight excluding hydrogens is 435 g/mol. The predicted octanol–water partition coefficient (Wildman–Crippen LogP) is 5.04. The maximum Gasteiger partial charge on any atom is 0.416 e. The second-order valence-electron chi connectivity index (χ2n) is 7.97. The van der Waals surface area contributed by atoms with E-state index in [0.29, 0.717) is 22.8 Å². The van der Waals surface area contributed by atoms with Gasteiger partial charge in [0.1, 0.15) is 0 Å². The number of nitrogens with one attached hydrogen (secondary N) is 3. The molecule has 0 aliphatic heterocycles. The van der Waals surface area contributed by atoms with Crippen molar-refractivity contribution in [3.8, 4) is 5.69 Å². The smallest absolute Gasteiger partial charge is 0.335 e. The first-order valence-corrected chi connectivity index (χ1v) is 10.3. The number of nitrogens with zero attached hydrogens (tertiary/aromatic N) is 2. The number of halogens is 3. The molecule has 0 saturated heterocycles. The van der Waals surface area contributed by atoms with Crippen molar-refractivity contribution < 1.29 is 22.8 Å². The normalized spacial score (nSPS) is 13.5. The van der Waals surface area contributed by atoms with E-state index in [1.807, 2.05) is 0 Å². The van der Waals surface area contributed by atoms with Crippen molar-refractivity contribution in [3.05, 3.63) is 71.0 Å². The first-order chi connectivity index (χ1) is 15.6. The van der Waals surface area contributed by atoms with Crippen molar-refractivity contribution >= 4 is 23.3 Å². The fourth-order valence-corrected chi connectivity index (χ4v) is 3.35. The summed E-state index contributed by atoms with van der Waals surface area (Å²) in [6.07, 6.45) is -2.65. The standard InChI is InChI=1S/C23H22F3N5O2/c1-13-11-14(2)31(30-13)20-10-5-16(23(24,25)26)12-19(20)29-21(32)15-3-6-17(7-4-15)27-22(33)28-18-8-9-18/h3-7,10-12,18H,8-9H2,1-2H3,(H,29,32)(H2,27,28,33). The highest BCUT2D eigenvalue weighted by Crippen LogP contribution is 2.34. The van der Waals surface area contributed by atoms with Crippen LogP contribution in [0.15, 0.2) is 48.5 Å². The molecule has 1 saturated carbocycles. The third-order valence-corrected chi connectivity index (χ3v) is 5.13. The second kappa shape index (κ2) is 8.61. The number of benzene rings is 2. The van der Waals surface area contributed by atoms with Crippen molar-refractivity contribution in [3.63, 3.8) is 0 Å². The van der Waals surface area contributed by atoms with Crippen LogP contribution in [-0.2, 0) is 6.18 Å². The molecule has 33 heavy (non-hydrogen) atoms. The van der Waals surface area contributed by atoms with Crippen molar-refractivity contribution in [1.29, 1.82) is 0 Å². The minimum absolute atomic E-state index is 0.0213. The van der Waals surface area contributed by atoms with E-state index in [2.05, 4.69) is 21.0 Å². The van der Waals surface area contributed by atoms with Crippen LogP contribution in [-0.4, -0.2) is 27.8 Å². The van der Waals surface area contributed by atoms with Gasteiger partial charge in [0.15, 0.2) is 0 Å². The van der Waals surface area contributed by atoms with Gasteiger partial charge in [-0.3, -0.25) is 4.79 Å². The fourth-order valence-electron chi connectivity index (χ4n) is 3.35. The lowest BCUT2D eigenvalue weighted by atomic mass is 10.1. The summed E-state index contributed by atoms with van der Waals surface area (Å²) < 4.78 is 41.4. The van der Waals surface area contributed by atoms with Crippen molar-refractivity contribution in [2.45, 2.75) is 38.9 Å². The number of aromatic nitrogens is 2. The number of hydrogen-bond donors (Lipinski definition) is 3. The molecule has 10 heteroatoms. The number of carbonyl (C=O) groups excluding carboxylic acids is 2. The largest absolute Gasteiger partial charge is 0.416 e. The summed E-state index contributed by atoms with van der Waals surface area (Å²) in [7, 11) is 0. The molecule has 0 bridgehead atoms. The van der Waals surface area contributed by atoms with Crippen LogP contribution in [0.25, 0.3) is 5.69 Å². The van der Waals surface area contributed by atoms with Crippen LogP contribution in [0.4, 0.5) is 29.3 Å². The van der Waals surface area contributed by atoms with E-state index < -0.39 is 17.6 Å². The highest BCUT2D eigenvalue weighted by Gasteiger charge is 2.31. The topological polar surface area (TPSA) is 88.0 Å². The lowest BCUT2D eigenvalue weighted by molar-refractivity contribution is -0.137. The quantitative estimate of drug-likeness (QED) is 0.501. The van der Waals surface area contributed by atoms with Gasteiger partial charge in [-0.1, -0.05) is 0 Å². The van der Waals surface area contributed by atoms with Crippen LogP contribution in [0.3, 0.4) is 0 Å². The lowest BCUT2D eigenvalue weighted by Crippen LogP contribution is -2.30. The second-order valence-corrected chi connectivity index (χ2v) is 7.97. The molecule has 1 aromatic heterocycles. The molecule has 1 fully saturated rings. The molecule has 4 rings (SSSR count). The molecule has 3 aromatic rings. The molecular formula is C23H22F3N5O2. The van der Waals surface area contributed by atoms with E-state index in [9.17, 15) is 22.8 Å². The molecule has 3 amide bonds. The van der Waals surface area contributed by atoms with Crippen LogP contribution >= 0.6 is 0 Å². The highest BCUT2D eigenvalue weighted by molar-refractivity contribution is 6.05.